The largest absolute Gasteiger partial charge is 0.504 e. The van der Waals surface area contributed by atoms with Gasteiger partial charge in [-0.05, 0) is 25.7 Å². The van der Waals surface area contributed by atoms with Gasteiger partial charge < -0.3 is 24.8 Å². The number of hydrogen-bond acceptors (Lipinski definition) is 5. The lowest BCUT2D eigenvalue weighted by atomic mass is 9.97. The molecule has 1 aromatic carbocycles. The maximum absolute atomic E-state index is 12.2. The van der Waals surface area contributed by atoms with Gasteiger partial charge in [-0.25, -0.2) is 4.79 Å². The van der Waals surface area contributed by atoms with Gasteiger partial charge >= 0.3 is 5.97 Å². The van der Waals surface area contributed by atoms with Crippen molar-refractivity contribution < 1.29 is 29.6 Å². The molecule has 0 radical (unpaired) electrons. The fourth-order valence-electron chi connectivity index (χ4n) is 4.85. The van der Waals surface area contributed by atoms with E-state index in [1.807, 2.05) is 0 Å². The molecule has 0 aromatic heterocycles. The summed E-state index contributed by atoms with van der Waals surface area (Å²) in [6.07, 6.45) is 21.4. The van der Waals surface area contributed by atoms with E-state index in [0.29, 0.717) is 30.9 Å². The van der Waals surface area contributed by atoms with Gasteiger partial charge in [0.05, 0.1) is 13.2 Å². The van der Waals surface area contributed by atoms with E-state index < -0.39 is 17.5 Å². The van der Waals surface area contributed by atoms with Gasteiger partial charge in [-0.3, -0.25) is 0 Å². The Morgan fingerprint density at radius 2 is 0.947 bits per heavy atom. The van der Waals surface area contributed by atoms with Gasteiger partial charge in [-0.2, -0.15) is 0 Å². The normalized spacial score (nSPS) is 11.1. The molecule has 0 saturated heterocycles. The molecule has 0 spiro atoms. The van der Waals surface area contributed by atoms with Crippen molar-refractivity contribution in [2.45, 2.75) is 149 Å². The van der Waals surface area contributed by atoms with E-state index in [2.05, 4.69) is 20.8 Å². The Hall–Kier alpha value is -2.11. The molecule has 0 aliphatic rings. The number of ether oxygens (including phenoxy) is 2. The summed E-state index contributed by atoms with van der Waals surface area (Å²) in [6.45, 7) is 7.39. The molecule has 0 amide bonds. The van der Waals surface area contributed by atoms with Gasteiger partial charge in [0.25, 0.3) is 0 Å². The zero-order valence-electron chi connectivity index (χ0n) is 24.6. The van der Waals surface area contributed by atoms with Crippen molar-refractivity contribution in [1.82, 2.24) is 0 Å². The van der Waals surface area contributed by atoms with Crippen LogP contribution in [-0.4, -0.2) is 34.5 Å². The van der Waals surface area contributed by atoms with Crippen LogP contribution in [0.5, 0.6) is 23.0 Å². The molecule has 0 unspecified atom stereocenters. The van der Waals surface area contributed by atoms with Crippen LogP contribution < -0.4 is 9.47 Å². The van der Waals surface area contributed by atoms with E-state index in [-0.39, 0.29) is 11.3 Å². The van der Waals surface area contributed by atoms with Crippen molar-refractivity contribution in [1.29, 1.82) is 0 Å². The second-order valence-corrected chi connectivity index (χ2v) is 10.6. The topological polar surface area (TPSA) is 96.2 Å². The minimum Gasteiger partial charge on any atom is -0.504 e. The highest BCUT2D eigenvalue weighted by Crippen LogP contribution is 2.49. The van der Waals surface area contributed by atoms with Crippen LogP contribution in [0.1, 0.15) is 159 Å². The van der Waals surface area contributed by atoms with Crippen molar-refractivity contribution in [2.75, 3.05) is 13.2 Å². The molecule has 0 aliphatic carbocycles. The van der Waals surface area contributed by atoms with Crippen LogP contribution in [0, 0.1) is 0 Å². The molecule has 1 rings (SSSR count). The molecule has 3 N–H and O–H groups in total. The summed E-state index contributed by atoms with van der Waals surface area (Å²) in [5.74, 6) is -2.04. The number of phenolic OH excluding ortho intramolecular Hbond substituents is 1. The SMILES string of the molecule is CCCCCCCCCc1c(OCCCCCCCC)c(OCCCCCCCC)c(O)c(O)c1C(=O)O. The van der Waals surface area contributed by atoms with Gasteiger partial charge in [-0.1, -0.05) is 124 Å². The number of carbonyl (C=O) groups is 1. The molecule has 0 aliphatic heterocycles. The highest BCUT2D eigenvalue weighted by molar-refractivity contribution is 5.96. The first-order chi connectivity index (χ1) is 18.5. The second-order valence-electron chi connectivity index (χ2n) is 10.6. The Morgan fingerprint density at radius 1 is 0.553 bits per heavy atom. The number of benzene rings is 1. The van der Waals surface area contributed by atoms with E-state index in [9.17, 15) is 20.1 Å². The highest BCUT2D eigenvalue weighted by Gasteiger charge is 2.29. The van der Waals surface area contributed by atoms with Gasteiger partial charge in [0, 0.05) is 5.56 Å². The van der Waals surface area contributed by atoms with Gasteiger partial charge in [0.2, 0.25) is 11.5 Å². The fraction of sp³-hybridized carbons (Fsp3) is 0.781. The average molecular weight is 537 g/mol. The third-order valence-electron chi connectivity index (χ3n) is 7.19. The lowest BCUT2D eigenvalue weighted by Crippen LogP contribution is -2.11. The molecule has 6 heteroatoms. The molecular weight excluding hydrogens is 480 g/mol. The number of unbranched alkanes of at least 4 members (excludes halogenated alkanes) is 16. The standard InChI is InChI=1S/C32H56O6/c1-4-7-10-13-16-17-20-23-26-27(32(35)36)28(33)29(34)31(38-25-22-19-15-12-9-6-3)30(26)37-24-21-18-14-11-8-5-2/h33-34H,4-25H2,1-3H3,(H,35,36). The lowest BCUT2D eigenvalue weighted by molar-refractivity contribution is 0.0690. The first kappa shape index (κ1) is 33.9. The minimum atomic E-state index is -1.26. The van der Waals surface area contributed by atoms with Crippen LogP contribution in [0.4, 0.5) is 0 Å². The summed E-state index contributed by atoms with van der Waals surface area (Å²) in [5.41, 5.74) is 0.170. The molecular formula is C32H56O6. The molecule has 0 fully saturated rings. The zero-order chi connectivity index (χ0) is 28.0. The van der Waals surface area contributed by atoms with Crippen LogP contribution in [-0.2, 0) is 6.42 Å². The molecule has 1 aromatic rings. The van der Waals surface area contributed by atoms with E-state index in [0.717, 1.165) is 57.8 Å². The molecule has 0 saturated carbocycles. The second kappa shape index (κ2) is 21.8. The number of aromatic hydroxyl groups is 2. The maximum Gasteiger partial charge on any atom is 0.340 e. The summed E-state index contributed by atoms with van der Waals surface area (Å²) in [5, 5.41) is 31.4. The lowest BCUT2D eigenvalue weighted by Gasteiger charge is -2.21. The number of carboxylic acid groups (broad SMARTS) is 1. The van der Waals surface area contributed by atoms with Crippen molar-refractivity contribution in [3.63, 3.8) is 0 Å². The Balaban J connectivity index is 3.02. The van der Waals surface area contributed by atoms with E-state index in [1.165, 1.54) is 64.2 Å². The monoisotopic (exact) mass is 536 g/mol. The Morgan fingerprint density at radius 3 is 1.39 bits per heavy atom. The van der Waals surface area contributed by atoms with Crippen LogP contribution in [0.25, 0.3) is 0 Å². The molecule has 0 heterocycles. The molecule has 38 heavy (non-hydrogen) atoms. The van der Waals surface area contributed by atoms with Crippen molar-refractivity contribution in [3.8, 4) is 23.0 Å². The first-order valence-corrected chi connectivity index (χ1v) is 15.6. The minimum absolute atomic E-state index is 0.0880. The Bertz CT molecular complexity index is 761. The van der Waals surface area contributed by atoms with Crippen LogP contribution >= 0.6 is 0 Å². The van der Waals surface area contributed by atoms with Crippen molar-refractivity contribution >= 4 is 5.97 Å². The van der Waals surface area contributed by atoms with Gasteiger partial charge in [0.15, 0.2) is 11.5 Å². The summed E-state index contributed by atoms with van der Waals surface area (Å²) in [4.78, 5) is 12.2. The third kappa shape index (κ3) is 13.1. The Labute approximate surface area is 232 Å². The zero-order valence-corrected chi connectivity index (χ0v) is 24.6. The molecule has 0 atom stereocenters. The summed E-state index contributed by atoms with van der Waals surface area (Å²) in [7, 11) is 0. The predicted molar refractivity (Wildman–Crippen MR) is 156 cm³/mol. The Kier molecular flexibility index (Phi) is 19.4. The third-order valence-corrected chi connectivity index (χ3v) is 7.19. The first-order valence-electron chi connectivity index (χ1n) is 15.6. The number of hydrogen-bond donors (Lipinski definition) is 3. The van der Waals surface area contributed by atoms with Crippen molar-refractivity contribution in [3.05, 3.63) is 11.1 Å². The highest BCUT2D eigenvalue weighted by atomic mass is 16.5. The van der Waals surface area contributed by atoms with E-state index in [1.54, 1.807) is 0 Å². The number of phenols is 2. The molecule has 0 bridgehead atoms. The molecule has 6 nitrogen and oxygen atoms in total. The fourth-order valence-corrected chi connectivity index (χ4v) is 4.85. The van der Waals surface area contributed by atoms with Gasteiger partial charge in [-0.15, -0.1) is 0 Å². The summed E-state index contributed by atoms with van der Waals surface area (Å²) >= 11 is 0. The van der Waals surface area contributed by atoms with Crippen molar-refractivity contribution in [2.24, 2.45) is 0 Å². The maximum atomic E-state index is 12.2. The van der Waals surface area contributed by atoms with E-state index in [4.69, 9.17) is 9.47 Å². The van der Waals surface area contributed by atoms with Crippen LogP contribution in [0.15, 0.2) is 0 Å². The average Bonchev–Trinajstić information content (AvgIpc) is 2.90. The number of carboxylic acids is 1. The quantitative estimate of drug-likeness (QED) is 0.0850. The number of rotatable bonds is 25. The predicted octanol–water partition coefficient (Wildman–Crippen LogP) is 9.57. The van der Waals surface area contributed by atoms with Crippen LogP contribution in [0.3, 0.4) is 0 Å². The van der Waals surface area contributed by atoms with Crippen LogP contribution in [0.2, 0.25) is 0 Å². The van der Waals surface area contributed by atoms with E-state index >= 15 is 0 Å². The molecule has 220 valence electrons. The summed E-state index contributed by atoms with van der Waals surface area (Å²) in [6, 6.07) is 0. The van der Waals surface area contributed by atoms with Gasteiger partial charge in [0.1, 0.15) is 5.56 Å². The summed E-state index contributed by atoms with van der Waals surface area (Å²) < 4.78 is 12.1. The smallest absolute Gasteiger partial charge is 0.340 e. The number of aromatic carboxylic acids is 1.